The molecule has 0 aliphatic carbocycles. The molecule has 1 heterocycles. The quantitative estimate of drug-likeness (QED) is 0.729. The van der Waals surface area contributed by atoms with Crippen LogP contribution < -0.4 is 0 Å². The van der Waals surface area contributed by atoms with E-state index in [1.54, 1.807) is 0 Å². The van der Waals surface area contributed by atoms with Crippen LogP contribution in [0.5, 0.6) is 0 Å². The summed E-state index contributed by atoms with van der Waals surface area (Å²) >= 11 is 0. The van der Waals surface area contributed by atoms with E-state index in [1.807, 2.05) is 24.0 Å². The van der Waals surface area contributed by atoms with Crippen LogP contribution in [-0.4, -0.2) is 59.0 Å². The summed E-state index contributed by atoms with van der Waals surface area (Å²) in [7, 11) is 0. The molecule has 2 unspecified atom stereocenters. The molecule has 1 amide bonds. The summed E-state index contributed by atoms with van der Waals surface area (Å²) in [6.45, 7) is 3.15. The second-order valence-electron chi connectivity index (χ2n) is 5.14. The van der Waals surface area contributed by atoms with Crippen LogP contribution in [0.15, 0.2) is 0 Å². The Morgan fingerprint density at radius 2 is 1.86 bits per heavy atom. The number of carbonyl (C=O) groups excluding carboxylic acids is 1. The Morgan fingerprint density at radius 3 is 2.29 bits per heavy atom. The van der Waals surface area contributed by atoms with Crippen LogP contribution >= 0.6 is 0 Å². The molecule has 114 valence electrons. The first-order valence-electron chi connectivity index (χ1n) is 6.99. The monoisotopic (exact) mass is 292 g/mol. The van der Waals surface area contributed by atoms with E-state index >= 15 is 0 Å². The summed E-state index contributed by atoms with van der Waals surface area (Å²) < 4.78 is 0. The van der Waals surface area contributed by atoms with Gasteiger partial charge in [0.25, 0.3) is 0 Å². The van der Waals surface area contributed by atoms with Gasteiger partial charge in [-0.1, -0.05) is 0 Å². The van der Waals surface area contributed by atoms with Crippen LogP contribution in [0.3, 0.4) is 0 Å². The van der Waals surface area contributed by atoms with Crippen LogP contribution in [0.1, 0.15) is 26.2 Å². The van der Waals surface area contributed by atoms with Crippen molar-refractivity contribution in [2.24, 2.45) is 5.92 Å². The molecule has 1 aliphatic rings. The van der Waals surface area contributed by atoms with E-state index in [0.717, 1.165) is 0 Å². The zero-order valence-corrected chi connectivity index (χ0v) is 12.2. The SMILES string of the molecule is CC1C(C(=O)O)CCN1CC(=O)N(CCC#N)CCC#N. The van der Waals surface area contributed by atoms with Gasteiger partial charge in [-0.2, -0.15) is 10.5 Å². The number of likely N-dealkylation sites (tertiary alicyclic amines) is 1. The van der Waals surface area contributed by atoms with Crippen molar-refractivity contribution < 1.29 is 14.7 Å². The Hall–Kier alpha value is -2.12. The molecule has 7 nitrogen and oxygen atoms in total. The van der Waals surface area contributed by atoms with Crippen LogP contribution in [0.2, 0.25) is 0 Å². The Morgan fingerprint density at radius 1 is 1.29 bits per heavy atom. The highest BCUT2D eigenvalue weighted by molar-refractivity contribution is 5.78. The fraction of sp³-hybridized carbons (Fsp3) is 0.714. The third kappa shape index (κ3) is 4.73. The van der Waals surface area contributed by atoms with E-state index in [-0.39, 0.29) is 31.3 Å². The zero-order valence-electron chi connectivity index (χ0n) is 12.2. The molecule has 0 spiro atoms. The number of nitriles is 2. The lowest BCUT2D eigenvalue weighted by Crippen LogP contribution is -2.43. The Balaban J connectivity index is 2.59. The van der Waals surface area contributed by atoms with Gasteiger partial charge in [-0.3, -0.25) is 14.5 Å². The molecular weight excluding hydrogens is 272 g/mol. The molecule has 0 radical (unpaired) electrons. The van der Waals surface area contributed by atoms with Crippen LogP contribution in [0, 0.1) is 28.6 Å². The fourth-order valence-corrected chi connectivity index (χ4v) is 2.56. The fourth-order valence-electron chi connectivity index (χ4n) is 2.56. The van der Waals surface area contributed by atoms with Crippen LogP contribution in [0.4, 0.5) is 0 Å². The lowest BCUT2D eigenvalue weighted by molar-refractivity contribution is -0.143. The lowest BCUT2D eigenvalue weighted by atomic mass is 10.0. The molecule has 7 heteroatoms. The van der Waals surface area contributed by atoms with Crippen molar-refractivity contribution in [3.05, 3.63) is 0 Å². The van der Waals surface area contributed by atoms with Gasteiger partial charge in [0.1, 0.15) is 0 Å². The number of amides is 1. The molecule has 0 aromatic heterocycles. The predicted octanol–water partition coefficient (Wildman–Crippen LogP) is 0.437. The number of carbonyl (C=O) groups is 2. The molecule has 1 fully saturated rings. The first kappa shape index (κ1) is 16.9. The molecule has 0 aromatic rings. The number of nitrogens with zero attached hydrogens (tertiary/aromatic N) is 4. The van der Waals surface area contributed by atoms with Crippen LogP contribution in [-0.2, 0) is 9.59 Å². The summed E-state index contributed by atoms with van der Waals surface area (Å²) in [5.74, 6) is -1.42. The van der Waals surface area contributed by atoms with E-state index in [9.17, 15) is 9.59 Å². The van der Waals surface area contributed by atoms with Gasteiger partial charge in [0.05, 0.1) is 37.4 Å². The maximum Gasteiger partial charge on any atom is 0.308 e. The molecule has 1 rings (SSSR count). The average Bonchev–Trinajstić information content (AvgIpc) is 2.80. The first-order valence-corrected chi connectivity index (χ1v) is 6.99. The molecule has 2 atom stereocenters. The van der Waals surface area contributed by atoms with E-state index in [2.05, 4.69) is 0 Å². The van der Waals surface area contributed by atoms with Crippen molar-refractivity contribution in [3.8, 4) is 12.1 Å². The number of aliphatic carboxylic acids is 1. The summed E-state index contributed by atoms with van der Waals surface area (Å²) in [5, 5.41) is 26.3. The van der Waals surface area contributed by atoms with Gasteiger partial charge in [-0.15, -0.1) is 0 Å². The Bertz CT molecular complexity index is 448. The van der Waals surface area contributed by atoms with E-state index in [4.69, 9.17) is 15.6 Å². The van der Waals surface area contributed by atoms with E-state index < -0.39 is 11.9 Å². The maximum atomic E-state index is 12.3. The Labute approximate surface area is 124 Å². The standard InChI is InChI=1S/C14H20N4O3/c1-11-12(14(20)21)4-9-18(11)10-13(19)17(7-2-5-15)8-3-6-16/h11-12H,2-4,7-10H2,1H3,(H,20,21). The molecule has 1 aliphatic heterocycles. The molecule has 1 saturated heterocycles. The van der Waals surface area contributed by atoms with Crippen molar-refractivity contribution in [3.63, 3.8) is 0 Å². The van der Waals surface area contributed by atoms with Crippen LogP contribution in [0.25, 0.3) is 0 Å². The topological polar surface area (TPSA) is 108 Å². The van der Waals surface area contributed by atoms with Crippen molar-refractivity contribution in [2.75, 3.05) is 26.2 Å². The van der Waals surface area contributed by atoms with E-state index in [0.29, 0.717) is 26.1 Å². The molecule has 0 saturated carbocycles. The highest BCUT2D eigenvalue weighted by Gasteiger charge is 2.36. The van der Waals surface area contributed by atoms with Gasteiger partial charge in [0.15, 0.2) is 0 Å². The van der Waals surface area contributed by atoms with Gasteiger partial charge in [-0.05, 0) is 19.9 Å². The van der Waals surface area contributed by atoms with Gasteiger partial charge in [0, 0.05) is 19.1 Å². The van der Waals surface area contributed by atoms with Gasteiger partial charge in [-0.25, -0.2) is 0 Å². The summed E-state index contributed by atoms with van der Waals surface area (Å²) in [6.07, 6.45) is 0.995. The smallest absolute Gasteiger partial charge is 0.308 e. The normalized spacial score (nSPS) is 21.5. The second kappa shape index (κ2) is 8.23. The third-order valence-electron chi connectivity index (χ3n) is 3.88. The highest BCUT2D eigenvalue weighted by atomic mass is 16.4. The van der Waals surface area contributed by atoms with E-state index in [1.165, 1.54) is 4.90 Å². The summed E-state index contributed by atoms with van der Waals surface area (Å²) in [6, 6.07) is 3.79. The molecule has 1 N–H and O–H groups in total. The molecule has 0 aromatic carbocycles. The summed E-state index contributed by atoms with van der Waals surface area (Å²) in [4.78, 5) is 26.7. The number of hydrogen-bond acceptors (Lipinski definition) is 5. The van der Waals surface area contributed by atoms with Gasteiger partial charge < -0.3 is 10.0 Å². The predicted molar refractivity (Wildman–Crippen MR) is 73.8 cm³/mol. The average molecular weight is 292 g/mol. The Kier molecular flexibility index (Phi) is 6.64. The molecule has 0 bridgehead atoms. The molecule has 21 heavy (non-hydrogen) atoms. The summed E-state index contributed by atoms with van der Waals surface area (Å²) in [5.41, 5.74) is 0. The number of carboxylic acid groups (broad SMARTS) is 1. The van der Waals surface area contributed by atoms with Gasteiger partial charge in [0.2, 0.25) is 5.91 Å². The lowest BCUT2D eigenvalue weighted by Gasteiger charge is -2.27. The first-order chi connectivity index (χ1) is 10.0. The maximum absolute atomic E-state index is 12.3. The van der Waals surface area contributed by atoms with Crippen molar-refractivity contribution in [1.82, 2.24) is 9.80 Å². The largest absolute Gasteiger partial charge is 0.481 e. The minimum absolute atomic E-state index is 0.141. The molecular formula is C14H20N4O3. The highest BCUT2D eigenvalue weighted by Crippen LogP contribution is 2.24. The number of hydrogen-bond donors (Lipinski definition) is 1. The minimum atomic E-state index is -0.830. The second-order valence-corrected chi connectivity index (χ2v) is 5.14. The zero-order chi connectivity index (χ0) is 15.8. The number of carboxylic acids is 1. The minimum Gasteiger partial charge on any atom is -0.481 e. The van der Waals surface area contributed by atoms with Crippen molar-refractivity contribution in [1.29, 1.82) is 10.5 Å². The van der Waals surface area contributed by atoms with Crippen molar-refractivity contribution in [2.45, 2.75) is 32.2 Å². The van der Waals surface area contributed by atoms with Crippen molar-refractivity contribution >= 4 is 11.9 Å². The number of rotatable bonds is 7. The van der Waals surface area contributed by atoms with Gasteiger partial charge >= 0.3 is 5.97 Å². The third-order valence-corrected chi connectivity index (χ3v) is 3.88.